The van der Waals surface area contributed by atoms with Crippen LogP contribution in [0.3, 0.4) is 0 Å². The minimum absolute atomic E-state index is 0.0717. The highest BCUT2D eigenvalue weighted by molar-refractivity contribution is 6.37. The van der Waals surface area contributed by atoms with E-state index in [2.05, 4.69) is 15.5 Å². The number of hydrogen-bond donors (Lipinski definition) is 3. The van der Waals surface area contributed by atoms with Crippen molar-refractivity contribution in [3.63, 3.8) is 0 Å². The molecule has 0 aromatic heterocycles. The van der Waals surface area contributed by atoms with E-state index in [1.54, 1.807) is 23.1 Å². The van der Waals surface area contributed by atoms with Gasteiger partial charge in [0, 0.05) is 49.5 Å². The van der Waals surface area contributed by atoms with E-state index in [1.807, 2.05) is 55.5 Å². The van der Waals surface area contributed by atoms with Crippen molar-refractivity contribution in [1.82, 2.24) is 9.80 Å². The third-order valence-corrected chi connectivity index (χ3v) is 8.83. The van der Waals surface area contributed by atoms with Gasteiger partial charge in [-0.05, 0) is 67.3 Å². The van der Waals surface area contributed by atoms with Crippen LogP contribution in [0.1, 0.15) is 50.2 Å². The van der Waals surface area contributed by atoms with Crippen molar-refractivity contribution in [3.05, 3.63) is 94.5 Å². The first-order chi connectivity index (χ1) is 21.7. The van der Waals surface area contributed by atoms with Gasteiger partial charge in [-0.15, -0.1) is 0 Å². The predicted octanol–water partition coefficient (Wildman–Crippen LogP) is 4.01. The van der Waals surface area contributed by atoms with Gasteiger partial charge in [-0.1, -0.05) is 30.3 Å². The number of carbonyl (C=O) groups is 3. The van der Waals surface area contributed by atoms with Gasteiger partial charge < -0.3 is 30.1 Å². The number of piperidine rings is 1. The molecule has 3 aromatic rings. The summed E-state index contributed by atoms with van der Waals surface area (Å²) in [4.78, 5) is 43.1. The number of carbonyl (C=O) groups excluding carboxylic acids is 3. The third-order valence-electron chi connectivity index (χ3n) is 8.83. The molecule has 3 aliphatic rings. The number of benzene rings is 3. The number of morpholine rings is 1. The summed E-state index contributed by atoms with van der Waals surface area (Å²) < 4.78 is 10.3. The smallest absolute Gasteiger partial charge is 0.338 e. The fraction of sp³-hybridized carbons (Fsp3) is 0.343. The van der Waals surface area contributed by atoms with Gasteiger partial charge >= 0.3 is 5.97 Å². The van der Waals surface area contributed by atoms with Gasteiger partial charge in [0.05, 0.1) is 48.4 Å². The SMILES string of the molecule is COC(=O)c1cc2c(cc1C)/C(=C(/Nc1ccc(C(=O)N3CCC(O)(CN4CCOCC4)CC3)cc1)c1ccccc1)C(=O)N2. The number of nitrogens with zero attached hydrogens (tertiary/aromatic N) is 2. The van der Waals surface area contributed by atoms with Crippen LogP contribution in [0.15, 0.2) is 66.7 Å². The minimum Gasteiger partial charge on any atom is -0.465 e. The van der Waals surface area contributed by atoms with Crippen LogP contribution in [-0.4, -0.2) is 91.3 Å². The van der Waals surface area contributed by atoms with E-state index in [1.165, 1.54) is 7.11 Å². The summed E-state index contributed by atoms with van der Waals surface area (Å²) in [7, 11) is 1.33. The molecule has 2 saturated heterocycles. The zero-order valence-electron chi connectivity index (χ0n) is 25.6. The molecular formula is C35H38N4O6. The molecule has 2 amide bonds. The summed E-state index contributed by atoms with van der Waals surface area (Å²) in [5.74, 6) is -0.827. The highest BCUT2D eigenvalue weighted by atomic mass is 16.5. The number of hydrogen-bond acceptors (Lipinski definition) is 8. The van der Waals surface area contributed by atoms with Gasteiger partial charge in [-0.25, -0.2) is 4.79 Å². The summed E-state index contributed by atoms with van der Waals surface area (Å²) in [5, 5.41) is 17.5. The maximum atomic E-state index is 13.4. The summed E-state index contributed by atoms with van der Waals surface area (Å²) in [6.07, 6.45) is 1.07. The molecule has 3 N–H and O–H groups in total. The number of fused-ring (bicyclic) bond motifs is 1. The molecule has 0 unspecified atom stereocenters. The molecule has 0 saturated carbocycles. The second-order valence-electron chi connectivity index (χ2n) is 11.9. The highest BCUT2D eigenvalue weighted by Gasteiger charge is 2.36. The first kappa shape index (κ1) is 30.5. The fourth-order valence-electron chi connectivity index (χ4n) is 6.27. The molecule has 6 rings (SSSR count). The van der Waals surface area contributed by atoms with E-state index >= 15 is 0 Å². The Balaban J connectivity index is 1.21. The Kier molecular flexibility index (Phi) is 8.71. The van der Waals surface area contributed by atoms with Crippen LogP contribution in [0.2, 0.25) is 0 Å². The molecule has 2 fully saturated rings. The Labute approximate surface area is 262 Å². The lowest BCUT2D eigenvalue weighted by atomic mass is 9.90. The number of amides is 2. The zero-order chi connectivity index (χ0) is 31.6. The van der Waals surface area contributed by atoms with Crippen LogP contribution in [0, 0.1) is 6.92 Å². The van der Waals surface area contributed by atoms with Gasteiger partial charge in [0.1, 0.15) is 0 Å². The number of aryl methyl sites for hydroxylation is 1. The van der Waals surface area contributed by atoms with Gasteiger partial charge in [-0.3, -0.25) is 14.5 Å². The Morgan fingerprint density at radius 1 is 0.978 bits per heavy atom. The standard InChI is InChI=1S/C35H38N4O6/c1-23-20-28-29(21-27(23)34(42)44-2)37-32(40)30(28)31(24-6-4-3-5-7-24)36-26-10-8-25(9-11-26)33(41)39-14-12-35(43,13-15-39)22-38-16-18-45-19-17-38/h3-11,20-21,36,43H,12-19,22H2,1-2H3,(H,37,40)/b31-30-. The maximum Gasteiger partial charge on any atom is 0.338 e. The van der Waals surface area contributed by atoms with Crippen LogP contribution >= 0.6 is 0 Å². The summed E-state index contributed by atoms with van der Waals surface area (Å²) in [6.45, 7) is 6.42. The number of likely N-dealkylation sites (tertiary alicyclic amines) is 1. The van der Waals surface area contributed by atoms with Gasteiger partial charge in [0.2, 0.25) is 0 Å². The average molecular weight is 611 g/mol. The zero-order valence-corrected chi connectivity index (χ0v) is 25.6. The van der Waals surface area contributed by atoms with Crippen molar-refractivity contribution in [2.24, 2.45) is 0 Å². The van der Waals surface area contributed by atoms with Crippen LogP contribution in [0.5, 0.6) is 0 Å². The quantitative estimate of drug-likeness (QED) is 0.271. The van der Waals surface area contributed by atoms with Crippen LogP contribution in [-0.2, 0) is 14.3 Å². The summed E-state index contributed by atoms with van der Waals surface area (Å²) in [6, 6.07) is 20.2. The lowest BCUT2D eigenvalue weighted by molar-refractivity contribution is -0.110. The molecule has 0 atom stereocenters. The van der Waals surface area contributed by atoms with E-state index < -0.39 is 11.6 Å². The molecule has 10 heteroatoms. The molecule has 0 aliphatic carbocycles. The third kappa shape index (κ3) is 6.49. The van der Waals surface area contributed by atoms with Crippen molar-refractivity contribution in [1.29, 1.82) is 0 Å². The van der Waals surface area contributed by atoms with Crippen molar-refractivity contribution >= 4 is 40.4 Å². The van der Waals surface area contributed by atoms with E-state index in [4.69, 9.17) is 9.47 Å². The largest absolute Gasteiger partial charge is 0.465 e. The molecule has 0 spiro atoms. The van der Waals surface area contributed by atoms with Crippen LogP contribution in [0.25, 0.3) is 11.3 Å². The molecular weight excluding hydrogens is 572 g/mol. The number of aliphatic hydroxyl groups is 1. The van der Waals surface area contributed by atoms with Crippen molar-refractivity contribution < 1.29 is 29.0 Å². The highest BCUT2D eigenvalue weighted by Crippen LogP contribution is 2.39. The van der Waals surface area contributed by atoms with Crippen molar-refractivity contribution in [3.8, 4) is 0 Å². The van der Waals surface area contributed by atoms with Crippen molar-refractivity contribution in [2.45, 2.75) is 25.4 Å². The molecule has 3 aliphatic heterocycles. The van der Waals surface area contributed by atoms with Crippen molar-refractivity contribution in [2.75, 3.05) is 63.7 Å². The number of methoxy groups -OCH3 is 1. The number of anilines is 2. The normalized spacial score (nSPS) is 19.0. The van der Waals surface area contributed by atoms with Gasteiger partial charge in [-0.2, -0.15) is 0 Å². The monoisotopic (exact) mass is 610 g/mol. The van der Waals surface area contributed by atoms with Gasteiger partial charge in [0.25, 0.3) is 11.8 Å². The predicted molar refractivity (Wildman–Crippen MR) is 172 cm³/mol. The van der Waals surface area contributed by atoms with E-state index in [0.29, 0.717) is 90.6 Å². The second kappa shape index (κ2) is 12.8. The van der Waals surface area contributed by atoms with Gasteiger partial charge in [0.15, 0.2) is 0 Å². The lowest BCUT2D eigenvalue weighted by Crippen LogP contribution is -2.53. The minimum atomic E-state index is -0.798. The topological polar surface area (TPSA) is 120 Å². The molecule has 0 bridgehead atoms. The Morgan fingerprint density at radius 2 is 1.67 bits per heavy atom. The van der Waals surface area contributed by atoms with Crippen LogP contribution in [0.4, 0.5) is 11.4 Å². The summed E-state index contributed by atoms with van der Waals surface area (Å²) in [5.41, 5.74) is 4.64. The summed E-state index contributed by atoms with van der Waals surface area (Å²) >= 11 is 0. The first-order valence-electron chi connectivity index (χ1n) is 15.3. The Morgan fingerprint density at radius 3 is 2.33 bits per heavy atom. The van der Waals surface area contributed by atoms with E-state index in [0.717, 1.165) is 18.7 Å². The fourth-order valence-corrected chi connectivity index (χ4v) is 6.27. The van der Waals surface area contributed by atoms with Crippen LogP contribution < -0.4 is 10.6 Å². The average Bonchev–Trinajstić information content (AvgIpc) is 3.37. The molecule has 234 valence electrons. The second-order valence-corrected chi connectivity index (χ2v) is 11.9. The van der Waals surface area contributed by atoms with E-state index in [-0.39, 0.29) is 11.8 Å². The number of esters is 1. The number of ether oxygens (including phenoxy) is 2. The molecule has 3 aromatic carbocycles. The number of β-amino-alcohol motifs (C(OH)–C–C–N with tert-alkyl or cyclic N) is 1. The molecule has 10 nitrogen and oxygen atoms in total. The molecule has 0 radical (unpaired) electrons. The molecule has 45 heavy (non-hydrogen) atoms. The first-order valence-corrected chi connectivity index (χ1v) is 15.3. The number of rotatable bonds is 7. The molecule has 3 heterocycles. The Bertz CT molecular complexity index is 1620. The van der Waals surface area contributed by atoms with E-state index in [9.17, 15) is 19.5 Å². The Hall–Kier alpha value is -4.51. The number of nitrogens with one attached hydrogen (secondary N) is 2. The lowest BCUT2D eigenvalue weighted by Gasteiger charge is -2.41. The maximum absolute atomic E-state index is 13.4.